The molecule has 22 heavy (non-hydrogen) atoms. The summed E-state index contributed by atoms with van der Waals surface area (Å²) >= 11 is 1.45. The zero-order valence-electron chi connectivity index (χ0n) is 13.8. The predicted octanol–water partition coefficient (Wildman–Crippen LogP) is 3.13. The molecule has 2 N–H and O–H groups in total. The minimum absolute atomic E-state index is 0.0196. The van der Waals surface area contributed by atoms with Gasteiger partial charge in [0.2, 0.25) is 5.91 Å². The molecule has 0 spiro atoms. The number of carbonyl (C=O) groups excluding carboxylic acids is 1. The van der Waals surface area contributed by atoms with Crippen LogP contribution in [0, 0.1) is 5.92 Å². The largest absolute Gasteiger partial charge is 0.388 e. The molecule has 1 amide bonds. The SMILES string of the molecule is CC(C)C1(C)SC(=N[C@H](c2ccccc2)C(C)(C)O)NC1=O. The van der Waals surface area contributed by atoms with Gasteiger partial charge in [0.1, 0.15) is 10.8 Å². The Labute approximate surface area is 136 Å². The molecule has 0 aliphatic carbocycles. The van der Waals surface area contributed by atoms with E-state index in [0.29, 0.717) is 5.17 Å². The number of nitrogens with one attached hydrogen (secondary N) is 1. The number of amides is 1. The van der Waals surface area contributed by atoms with E-state index >= 15 is 0 Å². The van der Waals surface area contributed by atoms with Crippen LogP contribution in [-0.4, -0.2) is 26.5 Å². The van der Waals surface area contributed by atoms with E-state index in [1.54, 1.807) is 13.8 Å². The van der Waals surface area contributed by atoms with E-state index in [1.807, 2.05) is 51.1 Å². The summed E-state index contributed by atoms with van der Waals surface area (Å²) < 4.78 is -0.514. The highest BCUT2D eigenvalue weighted by Gasteiger charge is 2.45. The summed E-state index contributed by atoms with van der Waals surface area (Å²) in [4.78, 5) is 16.9. The minimum atomic E-state index is -1.02. The average molecular weight is 320 g/mol. The fourth-order valence-electron chi connectivity index (χ4n) is 2.33. The number of thioether (sulfide) groups is 1. The first kappa shape index (κ1) is 17.0. The molecule has 1 aromatic carbocycles. The van der Waals surface area contributed by atoms with Crippen LogP contribution in [0.1, 0.15) is 46.2 Å². The van der Waals surface area contributed by atoms with Crippen LogP contribution in [0.25, 0.3) is 0 Å². The molecular formula is C17H24N2O2S. The summed E-state index contributed by atoms with van der Waals surface area (Å²) in [6, 6.07) is 9.23. The number of rotatable bonds is 4. The van der Waals surface area contributed by atoms with Crippen LogP contribution in [0.2, 0.25) is 0 Å². The second kappa shape index (κ2) is 6.05. The molecule has 120 valence electrons. The Kier molecular flexibility index (Phi) is 4.68. The molecule has 1 aromatic rings. The molecule has 4 nitrogen and oxygen atoms in total. The molecule has 2 atom stereocenters. The number of aliphatic imine (C=N–C) groups is 1. The van der Waals surface area contributed by atoms with Crippen molar-refractivity contribution in [1.29, 1.82) is 0 Å². The predicted molar refractivity (Wildman–Crippen MR) is 91.9 cm³/mol. The van der Waals surface area contributed by atoms with Gasteiger partial charge in [-0.1, -0.05) is 55.9 Å². The van der Waals surface area contributed by atoms with Crippen molar-refractivity contribution in [2.45, 2.75) is 51.0 Å². The summed E-state index contributed by atoms with van der Waals surface area (Å²) in [5.41, 5.74) is -0.0910. The number of amidine groups is 1. The number of hydrogen-bond donors (Lipinski definition) is 2. The third-order valence-corrected chi connectivity index (χ3v) is 5.59. The molecular weight excluding hydrogens is 296 g/mol. The van der Waals surface area contributed by atoms with Crippen molar-refractivity contribution < 1.29 is 9.90 Å². The Morgan fingerprint density at radius 2 is 1.86 bits per heavy atom. The van der Waals surface area contributed by atoms with Gasteiger partial charge in [-0.15, -0.1) is 0 Å². The van der Waals surface area contributed by atoms with Gasteiger partial charge in [-0.3, -0.25) is 9.79 Å². The Hall–Kier alpha value is -1.33. The second-order valence-corrected chi connectivity index (χ2v) is 8.16. The molecule has 1 aliphatic rings. The molecule has 1 unspecified atom stereocenters. The van der Waals surface area contributed by atoms with Crippen LogP contribution in [0.4, 0.5) is 0 Å². The van der Waals surface area contributed by atoms with E-state index in [0.717, 1.165) is 5.56 Å². The number of aliphatic hydroxyl groups is 1. The molecule has 0 aromatic heterocycles. The number of nitrogens with zero attached hydrogens (tertiary/aromatic N) is 1. The summed E-state index contributed by atoms with van der Waals surface area (Å²) in [5, 5.41) is 13.9. The van der Waals surface area contributed by atoms with Gasteiger partial charge in [0.25, 0.3) is 0 Å². The highest BCUT2D eigenvalue weighted by atomic mass is 32.2. The lowest BCUT2D eigenvalue weighted by atomic mass is 9.92. The molecule has 0 bridgehead atoms. The van der Waals surface area contributed by atoms with E-state index < -0.39 is 16.4 Å². The zero-order chi connectivity index (χ0) is 16.5. The molecule has 1 saturated heterocycles. The van der Waals surface area contributed by atoms with Gasteiger partial charge >= 0.3 is 0 Å². The third-order valence-electron chi connectivity index (χ3n) is 4.11. The molecule has 1 heterocycles. The fraction of sp³-hybridized carbons (Fsp3) is 0.529. The lowest BCUT2D eigenvalue weighted by Crippen LogP contribution is -2.38. The van der Waals surface area contributed by atoms with E-state index in [4.69, 9.17) is 0 Å². The number of hydrogen-bond acceptors (Lipinski definition) is 4. The second-order valence-electron chi connectivity index (χ2n) is 6.72. The first-order valence-corrected chi connectivity index (χ1v) is 8.32. The maximum absolute atomic E-state index is 12.2. The quantitative estimate of drug-likeness (QED) is 0.896. The molecule has 2 rings (SSSR count). The van der Waals surface area contributed by atoms with E-state index in [2.05, 4.69) is 10.3 Å². The Balaban J connectivity index is 2.35. The van der Waals surface area contributed by atoms with Gasteiger partial charge in [0.15, 0.2) is 5.17 Å². The normalized spacial score (nSPS) is 25.6. The zero-order valence-corrected chi connectivity index (χ0v) is 14.6. The van der Waals surface area contributed by atoms with Crippen molar-refractivity contribution >= 4 is 22.8 Å². The highest BCUT2D eigenvalue weighted by molar-refractivity contribution is 8.16. The van der Waals surface area contributed by atoms with Crippen LogP contribution < -0.4 is 5.32 Å². The van der Waals surface area contributed by atoms with Crippen molar-refractivity contribution in [2.24, 2.45) is 10.9 Å². The van der Waals surface area contributed by atoms with Gasteiger partial charge in [0, 0.05) is 0 Å². The van der Waals surface area contributed by atoms with Crippen LogP contribution >= 0.6 is 11.8 Å². The maximum Gasteiger partial charge on any atom is 0.242 e. The van der Waals surface area contributed by atoms with E-state index in [9.17, 15) is 9.90 Å². The topological polar surface area (TPSA) is 61.7 Å². The minimum Gasteiger partial charge on any atom is -0.388 e. The Morgan fingerprint density at radius 3 is 2.32 bits per heavy atom. The van der Waals surface area contributed by atoms with Crippen molar-refractivity contribution in [3.8, 4) is 0 Å². The van der Waals surface area contributed by atoms with Gasteiger partial charge in [-0.2, -0.15) is 0 Å². The number of carbonyl (C=O) groups is 1. The van der Waals surface area contributed by atoms with Crippen molar-refractivity contribution in [2.75, 3.05) is 0 Å². The van der Waals surface area contributed by atoms with Gasteiger partial charge in [0.05, 0.1) is 5.60 Å². The van der Waals surface area contributed by atoms with Crippen molar-refractivity contribution in [3.05, 3.63) is 35.9 Å². The van der Waals surface area contributed by atoms with Crippen LogP contribution in [0.15, 0.2) is 35.3 Å². The molecule has 0 radical (unpaired) electrons. The third kappa shape index (κ3) is 3.36. The summed E-state index contributed by atoms with van der Waals surface area (Å²) in [7, 11) is 0. The van der Waals surface area contributed by atoms with Crippen LogP contribution in [0.5, 0.6) is 0 Å². The Morgan fingerprint density at radius 1 is 1.27 bits per heavy atom. The van der Waals surface area contributed by atoms with Gasteiger partial charge in [-0.05, 0) is 32.3 Å². The van der Waals surface area contributed by atoms with Crippen LogP contribution in [-0.2, 0) is 4.79 Å². The Bertz CT molecular complexity index is 578. The first-order valence-electron chi connectivity index (χ1n) is 7.50. The van der Waals surface area contributed by atoms with Gasteiger partial charge < -0.3 is 10.4 Å². The molecule has 1 fully saturated rings. The highest BCUT2D eigenvalue weighted by Crippen LogP contribution is 2.40. The lowest BCUT2D eigenvalue weighted by Gasteiger charge is -2.27. The van der Waals surface area contributed by atoms with Crippen molar-refractivity contribution in [3.63, 3.8) is 0 Å². The maximum atomic E-state index is 12.2. The summed E-state index contributed by atoms with van der Waals surface area (Å²) in [5.74, 6) is 0.177. The first-order chi connectivity index (χ1) is 10.1. The summed E-state index contributed by atoms with van der Waals surface area (Å²) in [6.07, 6.45) is 0. The fourth-order valence-corrected chi connectivity index (χ4v) is 3.41. The summed E-state index contributed by atoms with van der Waals surface area (Å²) in [6.45, 7) is 9.46. The smallest absolute Gasteiger partial charge is 0.242 e. The van der Waals surface area contributed by atoms with Gasteiger partial charge in [-0.25, -0.2) is 0 Å². The average Bonchev–Trinajstić information content (AvgIpc) is 2.72. The lowest BCUT2D eigenvalue weighted by molar-refractivity contribution is -0.122. The van der Waals surface area contributed by atoms with Crippen LogP contribution in [0.3, 0.4) is 0 Å². The molecule has 1 aliphatic heterocycles. The molecule has 0 saturated carbocycles. The van der Waals surface area contributed by atoms with E-state index in [-0.39, 0.29) is 11.8 Å². The van der Waals surface area contributed by atoms with E-state index in [1.165, 1.54) is 11.8 Å². The number of benzene rings is 1. The monoisotopic (exact) mass is 320 g/mol. The molecule has 5 heteroatoms. The standard InChI is InChI=1S/C17H24N2O2S/c1-11(2)17(5)14(20)19-15(22-17)18-13(16(3,4)21)12-9-7-6-8-10-12/h6-11,13,21H,1-5H3,(H,18,19,20)/t13-,17?/m1/s1. The van der Waals surface area contributed by atoms with Crippen molar-refractivity contribution in [1.82, 2.24) is 5.32 Å².